The second kappa shape index (κ2) is 6.93. The van der Waals surface area contributed by atoms with E-state index in [1.165, 1.54) is 6.20 Å². The Bertz CT molecular complexity index is 901. The highest BCUT2D eigenvalue weighted by Gasteiger charge is 2.16. The Balaban J connectivity index is 1.86. The lowest BCUT2D eigenvalue weighted by Crippen LogP contribution is -2.16. The predicted octanol–water partition coefficient (Wildman–Crippen LogP) is 4.05. The van der Waals surface area contributed by atoms with Crippen LogP contribution in [0.3, 0.4) is 0 Å². The number of nitrogens with zero attached hydrogens (tertiary/aromatic N) is 3. The molecule has 2 aromatic heterocycles. The van der Waals surface area contributed by atoms with Gasteiger partial charge in [0, 0.05) is 31.2 Å². The number of rotatable bonds is 5. The zero-order valence-electron chi connectivity index (χ0n) is 14.9. The van der Waals surface area contributed by atoms with Gasteiger partial charge in [-0.1, -0.05) is 25.1 Å². The molecule has 0 spiro atoms. The van der Waals surface area contributed by atoms with Crippen LogP contribution in [0.4, 0.5) is 11.4 Å². The van der Waals surface area contributed by atoms with E-state index in [0.29, 0.717) is 11.3 Å². The van der Waals surface area contributed by atoms with Gasteiger partial charge in [-0.25, -0.2) is 4.98 Å². The first-order chi connectivity index (χ1) is 12.0. The van der Waals surface area contributed by atoms with Crippen LogP contribution in [0.15, 0.2) is 41.1 Å². The van der Waals surface area contributed by atoms with Crippen molar-refractivity contribution < 1.29 is 9.32 Å². The fraction of sp³-hybridized carbons (Fsp3) is 0.316. The smallest absolute Gasteiger partial charge is 0.257 e. The Morgan fingerprint density at radius 1 is 1.32 bits per heavy atom. The van der Waals surface area contributed by atoms with Crippen LogP contribution in [0.2, 0.25) is 0 Å². The number of anilines is 2. The van der Waals surface area contributed by atoms with Gasteiger partial charge in [0.2, 0.25) is 0 Å². The first kappa shape index (κ1) is 17.0. The zero-order chi connectivity index (χ0) is 18.0. The number of aromatic nitrogens is 2. The second-order valence-corrected chi connectivity index (χ2v) is 6.32. The number of amides is 1. The van der Waals surface area contributed by atoms with Gasteiger partial charge in [0.15, 0.2) is 0 Å². The van der Waals surface area contributed by atoms with Crippen molar-refractivity contribution in [3.8, 4) is 0 Å². The Labute approximate surface area is 146 Å². The summed E-state index contributed by atoms with van der Waals surface area (Å²) in [7, 11) is 2.01. The Morgan fingerprint density at radius 3 is 2.84 bits per heavy atom. The maximum atomic E-state index is 12.6. The number of carbonyl (C=O) groups is 1. The largest absolute Gasteiger partial charge is 0.375 e. The van der Waals surface area contributed by atoms with E-state index in [9.17, 15) is 4.79 Å². The van der Waals surface area contributed by atoms with Crippen LogP contribution < -0.4 is 10.2 Å². The summed E-state index contributed by atoms with van der Waals surface area (Å²) in [5, 5.41) is 7.75. The Hall–Kier alpha value is -2.89. The molecule has 0 radical (unpaired) electrons. The van der Waals surface area contributed by atoms with Gasteiger partial charge in [-0.15, -0.1) is 0 Å². The molecule has 0 atom stereocenters. The van der Waals surface area contributed by atoms with Gasteiger partial charge < -0.3 is 14.7 Å². The van der Waals surface area contributed by atoms with Crippen LogP contribution >= 0.6 is 0 Å². The molecule has 0 aliphatic rings. The van der Waals surface area contributed by atoms with E-state index in [4.69, 9.17) is 4.52 Å². The minimum Gasteiger partial charge on any atom is -0.375 e. The summed E-state index contributed by atoms with van der Waals surface area (Å²) in [6.45, 7) is 7.03. The Morgan fingerprint density at radius 2 is 2.12 bits per heavy atom. The molecule has 1 aromatic carbocycles. The molecule has 3 rings (SSSR count). The van der Waals surface area contributed by atoms with E-state index in [0.717, 1.165) is 29.0 Å². The monoisotopic (exact) mass is 338 g/mol. The van der Waals surface area contributed by atoms with Crippen LogP contribution in [0.25, 0.3) is 11.1 Å². The third-order valence-electron chi connectivity index (χ3n) is 4.19. The van der Waals surface area contributed by atoms with Gasteiger partial charge in [0.1, 0.15) is 0 Å². The highest BCUT2D eigenvalue weighted by molar-refractivity contribution is 6.05. The lowest BCUT2D eigenvalue weighted by molar-refractivity contribution is 0.102. The zero-order valence-corrected chi connectivity index (χ0v) is 14.9. The average Bonchev–Trinajstić information content (AvgIpc) is 3.04. The average molecular weight is 338 g/mol. The SMILES string of the molecule is CCN(C)c1cccc(NC(=O)c2cnc3onc(C(C)C)c3c2)c1. The molecule has 0 aliphatic carbocycles. The van der Waals surface area contributed by atoms with Crippen molar-refractivity contribution in [2.45, 2.75) is 26.7 Å². The van der Waals surface area contributed by atoms with Crippen molar-refractivity contribution in [3.05, 3.63) is 47.8 Å². The van der Waals surface area contributed by atoms with E-state index in [2.05, 4.69) is 27.3 Å². The van der Waals surface area contributed by atoms with Crippen molar-refractivity contribution in [2.24, 2.45) is 0 Å². The molecule has 6 heteroatoms. The van der Waals surface area contributed by atoms with Crippen molar-refractivity contribution in [3.63, 3.8) is 0 Å². The van der Waals surface area contributed by atoms with Gasteiger partial charge in [0.25, 0.3) is 11.6 Å². The van der Waals surface area contributed by atoms with Crippen LogP contribution in [-0.4, -0.2) is 29.6 Å². The number of hydrogen-bond acceptors (Lipinski definition) is 5. The summed E-state index contributed by atoms with van der Waals surface area (Å²) in [6.07, 6.45) is 1.51. The summed E-state index contributed by atoms with van der Waals surface area (Å²) in [6, 6.07) is 9.54. The summed E-state index contributed by atoms with van der Waals surface area (Å²) in [5.74, 6) is -0.00997. The van der Waals surface area contributed by atoms with Crippen LogP contribution in [0, 0.1) is 0 Å². The topological polar surface area (TPSA) is 71.3 Å². The van der Waals surface area contributed by atoms with E-state index in [-0.39, 0.29) is 11.8 Å². The van der Waals surface area contributed by atoms with Crippen molar-refractivity contribution in [1.29, 1.82) is 0 Å². The quantitative estimate of drug-likeness (QED) is 0.760. The Kier molecular flexibility index (Phi) is 4.70. The molecule has 1 amide bonds. The molecular weight excluding hydrogens is 316 g/mol. The van der Waals surface area contributed by atoms with Gasteiger partial charge in [-0.3, -0.25) is 4.79 Å². The molecule has 0 fully saturated rings. The molecule has 25 heavy (non-hydrogen) atoms. The van der Waals surface area contributed by atoms with Crippen molar-refractivity contribution >= 4 is 28.4 Å². The number of carbonyl (C=O) groups excluding carboxylic acids is 1. The van der Waals surface area contributed by atoms with E-state index in [1.807, 2.05) is 45.2 Å². The predicted molar refractivity (Wildman–Crippen MR) is 99.2 cm³/mol. The molecule has 3 aromatic rings. The first-order valence-electron chi connectivity index (χ1n) is 8.37. The number of benzene rings is 1. The lowest BCUT2D eigenvalue weighted by Gasteiger charge is -2.17. The van der Waals surface area contributed by atoms with Crippen LogP contribution in [0.5, 0.6) is 0 Å². The molecule has 6 nitrogen and oxygen atoms in total. The molecule has 1 N–H and O–H groups in total. The standard InChI is InChI=1S/C19H22N4O2/c1-5-23(4)15-8-6-7-14(10-15)21-18(24)13-9-16-17(12(2)3)22-25-19(16)20-11-13/h6-12H,5H2,1-4H3,(H,21,24). The third kappa shape index (κ3) is 3.47. The van der Waals surface area contributed by atoms with Crippen LogP contribution in [0.1, 0.15) is 42.7 Å². The van der Waals surface area contributed by atoms with E-state index >= 15 is 0 Å². The normalized spacial score (nSPS) is 11.1. The third-order valence-corrected chi connectivity index (χ3v) is 4.19. The summed E-state index contributed by atoms with van der Waals surface area (Å²) in [4.78, 5) is 18.9. The first-order valence-corrected chi connectivity index (χ1v) is 8.37. The fourth-order valence-corrected chi connectivity index (χ4v) is 2.60. The van der Waals surface area contributed by atoms with Gasteiger partial charge in [0.05, 0.1) is 16.6 Å². The van der Waals surface area contributed by atoms with Crippen molar-refractivity contribution in [1.82, 2.24) is 10.1 Å². The fourth-order valence-electron chi connectivity index (χ4n) is 2.60. The van der Waals surface area contributed by atoms with Gasteiger partial charge in [-0.2, -0.15) is 0 Å². The summed E-state index contributed by atoms with van der Waals surface area (Å²) in [5.41, 5.74) is 3.54. The molecule has 0 bridgehead atoms. The number of pyridine rings is 1. The van der Waals surface area contributed by atoms with Crippen molar-refractivity contribution in [2.75, 3.05) is 23.8 Å². The van der Waals surface area contributed by atoms with Crippen LogP contribution in [-0.2, 0) is 0 Å². The number of fused-ring (bicyclic) bond motifs is 1. The molecule has 0 saturated heterocycles. The maximum Gasteiger partial charge on any atom is 0.257 e. The maximum absolute atomic E-state index is 12.6. The molecule has 2 heterocycles. The summed E-state index contributed by atoms with van der Waals surface area (Å²) >= 11 is 0. The van der Waals surface area contributed by atoms with E-state index < -0.39 is 0 Å². The van der Waals surface area contributed by atoms with Gasteiger partial charge in [-0.05, 0) is 37.1 Å². The summed E-state index contributed by atoms with van der Waals surface area (Å²) < 4.78 is 5.22. The number of nitrogens with one attached hydrogen (secondary N) is 1. The second-order valence-electron chi connectivity index (χ2n) is 6.32. The van der Waals surface area contributed by atoms with Gasteiger partial charge >= 0.3 is 0 Å². The molecular formula is C19H22N4O2. The lowest BCUT2D eigenvalue weighted by atomic mass is 10.1. The molecule has 0 unspecified atom stereocenters. The molecule has 0 aliphatic heterocycles. The minimum atomic E-state index is -0.207. The molecule has 130 valence electrons. The van der Waals surface area contributed by atoms with E-state index in [1.54, 1.807) is 6.07 Å². The molecule has 0 saturated carbocycles. The highest BCUT2D eigenvalue weighted by Crippen LogP contribution is 2.25. The minimum absolute atomic E-state index is 0.197. The highest BCUT2D eigenvalue weighted by atomic mass is 16.5. The number of hydrogen-bond donors (Lipinski definition) is 1.